The molecule has 5 nitrogen and oxygen atoms in total. The molecule has 1 amide bonds. The number of hydrogen-bond acceptors (Lipinski definition) is 4. The number of aliphatic hydroxyl groups is 1. The summed E-state index contributed by atoms with van der Waals surface area (Å²) in [6.07, 6.45) is 3.74. The van der Waals surface area contributed by atoms with Crippen molar-refractivity contribution in [3.8, 4) is 11.5 Å². The van der Waals surface area contributed by atoms with Gasteiger partial charge in [0.1, 0.15) is 0 Å². The third-order valence-corrected chi connectivity index (χ3v) is 3.08. The fourth-order valence-electron chi connectivity index (χ4n) is 1.91. The Morgan fingerprint density at radius 1 is 1.19 bits per heavy atom. The Balaban J connectivity index is 2.24. The largest absolute Gasteiger partial charge is 0.493 e. The topological polar surface area (TPSA) is 67.8 Å². The lowest BCUT2D eigenvalue weighted by Gasteiger charge is -2.11. The Bertz CT molecular complexity index is 434. The van der Waals surface area contributed by atoms with Gasteiger partial charge in [-0.2, -0.15) is 0 Å². The molecule has 1 rings (SSSR count). The van der Waals surface area contributed by atoms with E-state index in [0.717, 1.165) is 31.2 Å². The van der Waals surface area contributed by atoms with E-state index in [0.29, 0.717) is 18.0 Å². The van der Waals surface area contributed by atoms with E-state index in [4.69, 9.17) is 14.6 Å². The van der Waals surface area contributed by atoms with Gasteiger partial charge in [0.15, 0.2) is 18.1 Å². The number of carbonyl (C=O) groups excluding carboxylic acids is 1. The Hall–Kier alpha value is -1.75. The standard InChI is InChI=1S/C16H25NO4/c1-13-7-8-14(15(11-13)20-2)21-12-16(19)17-9-5-3-4-6-10-18/h7-8,11,18H,3-6,9-10,12H2,1-2H3,(H,17,19). The number of unbranched alkanes of at least 4 members (excludes halogenated alkanes) is 3. The van der Waals surface area contributed by atoms with E-state index >= 15 is 0 Å². The first-order valence-electron chi connectivity index (χ1n) is 7.32. The number of methoxy groups -OCH3 is 1. The summed E-state index contributed by atoms with van der Waals surface area (Å²) in [7, 11) is 1.58. The summed E-state index contributed by atoms with van der Waals surface area (Å²) in [4.78, 5) is 11.7. The average molecular weight is 295 g/mol. The van der Waals surface area contributed by atoms with E-state index in [9.17, 15) is 4.79 Å². The highest BCUT2D eigenvalue weighted by atomic mass is 16.5. The van der Waals surface area contributed by atoms with Crippen molar-refractivity contribution < 1.29 is 19.4 Å². The highest BCUT2D eigenvalue weighted by Crippen LogP contribution is 2.27. The van der Waals surface area contributed by atoms with Gasteiger partial charge in [-0.05, 0) is 37.5 Å². The highest BCUT2D eigenvalue weighted by molar-refractivity contribution is 5.77. The second kappa shape index (κ2) is 10.0. The molecule has 0 aliphatic rings. The van der Waals surface area contributed by atoms with Gasteiger partial charge >= 0.3 is 0 Å². The van der Waals surface area contributed by atoms with Crippen molar-refractivity contribution in [3.63, 3.8) is 0 Å². The summed E-state index contributed by atoms with van der Waals surface area (Å²) in [6, 6.07) is 5.58. The van der Waals surface area contributed by atoms with Crippen LogP contribution in [-0.4, -0.2) is 37.9 Å². The summed E-state index contributed by atoms with van der Waals surface area (Å²) in [5.41, 5.74) is 1.08. The monoisotopic (exact) mass is 295 g/mol. The van der Waals surface area contributed by atoms with Crippen molar-refractivity contribution in [1.29, 1.82) is 0 Å². The minimum atomic E-state index is -0.139. The van der Waals surface area contributed by atoms with E-state index < -0.39 is 0 Å². The fraction of sp³-hybridized carbons (Fsp3) is 0.562. The Morgan fingerprint density at radius 3 is 2.67 bits per heavy atom. The molecule has 0 aromatic heterocycles. The van der Waals surface area contributed by atoms with Gasteiger partial charge < -0.3 is 19.9 Å². The van der Waals surface area contributed by atoms with Gasteiger partial charge in [0.05, 0.1) is 7.11 Å². The van der Waals surface area contributed by atoms with Crippen LogP contribution in [0.25, 0.3) is 0 Å². The van der Waals surface area contributed by atoms with Gasteiger partial charge in [-0.3, -0.25) is 4.79 Å². The lowest BCUT2D eigenvalue weighted by atomic mass is 10.2. The van der Waals surface area contributed by atoms with Crippen LogP contribution in [-0.2, 0) is 4.79 Å². The molecule has 0 atom stereocenters. The zero-order valence-electron chi connectivity index (χ0n) is 12.9. The van der Waals surface area contributed by atoms with Crippen molar-refractivity contribution in [2.75, 3.05) is 26.9 Å². The molecule has 0 bridgehead atoms. The van der Waals surface area contributed by atoms with E-state index in [2.05, 4.69) is 5.32 Å². The number of nitrogens with one attached hydrogen (secondary N) is 1. The molecule has 0 aliphatic carbocycles. The zero-order valence-corrected chi connectivity index (χ0v) is 12.9. The van der Waals surface area contributed by atoms with Gasteiger partial charge in [-0.1, -0.05) is 18.9 Å². The summed E-state index contributed by atoms with van der Waals surface area (Å²) in [6.45, 7) is 2.82. The minimum absolute atomic E-state index is 0.0178. The molecule has 118 valence electrons. The molecular formula is C16H25NO4. The number of hydrogen-bond donors (Lipinski definition) is 2. The van der Waals surface area contributed by atoms with E-state index in [1.54, 1.807) is 13.2 Å². The number of ether oxygens (including phenoxy) is 2. The predicted octanol–water partition coefficient (Wildman–Crippen LogP) is 2.05. The molecule has 1 aromatic carbocycles. The molecule has 0 unspecified atom stereocenters. The molecule has 0 saturated heterocycles. The van der Waals surface area contributed by atoms with Crippen LogP contribution in [0, 0.1) is 6.92 Å². The van der Waals surface area contributed by atoms with Crippen molar-refractivity contribution in [1.82, 2.24) is 5.32 Å². The summed E-state index contributed by atoms with van der Waals surface area (Å²) < 4.78 is 10.7. The van der Waals surface area contributed by atoms with Crippen LogP contribution in [0.5, 0.6) is 11.5 Å². The van der Waals surface area contributed by atoms with Crippen molar-refractivity contribution in [3.05, 3.63) is 23.8 Å². The quantitative estimate of drug-likeness (QED) is 0.648. The third kappa shape index (κ3) is 6.99. The molecule has 0 spiro atoms. The first kappa shape index (κ1) is 17.3. The number of aryl methyl sites for hydroxylation is 1. The van der Waals surface area contributed by atoms with Gasteiger partial charge in [0.25, 0.3) is 5.91 Å². The van der Waals surface area contributed by atoms with Crippen LogP contribution in [0.2, 0.25) is 0 Å². The maximum Gasteiger partial charge on any atom is 0.257 e. The maximum absolute atomic E-state index is 11.7. The van der Waals surface area contributed by atoms with Crippen molar-refractivity contribution >= 4 is 5.91 Å². The molecule has 0 radical (unpaired) electrons. The molecule has 2 N–H and O–H groups in total. The lowest BCUT2D eigenvalue weighted by molar-refractivity contribution is -0.123. The zero-order chi connectivity index (χ0) is 15.5. The van der Waals surface area contributed by atoms with Crippen LogP contribution in [0.1, 0.15) is 31.2 Å². The molecule has 0 fully saturated rings. The van der Waals surface area contributed by atoms with Gasteiger partial charge in [0.2, 0.25) is 0 Å². The third-order valence-electron chi connectivity index (χ3n) is 3.08. The lowest BCUT2D eigenvalue weighted by Crippen LogP contribution is -2.29. The molecule has 0 saturated carbocycles. The van der Waals surface area contributed by atoms with Crippen LogP contribution in [0.3, 0.4) is 0 Å². The fourth-order valence-corrected chi connectivity index (χ4v) is 1.91. The second-order valence-corrected chi connectivity index (χ2v) is 4.93. The van der Waals surface area contributed by atoms with Crippen molar-refractivity contribution in [2.45, 2.75) is 32.6 Å². The van der Waals surface area contributed by atoms with Gasteiger partial charge in [-0.25, -0.2) is 0 Å². The number of rotatable bonds is 10. The molecule has 1 aromatic rings. The van der Waals surface area contributed by atoms with Crippen LogP contribution in [0.15, 0.2) is 18.2 Å². The van der Waals surface area contributed by atoms with E-state index in [-0.39, 0.29) is 19.1 Å². The normalized spacial score (nSPS) is 10.2. The summed E-state index contributed by atoms with van der Waals surface area (Å²) in [5.74, 6) is 1.06. The second-order valence-electron chi connectivity index (χ2n) is 4.93. The van der Waals surface area contributed by atoms with Gasteiger partial charge in [-0.15, -0.1) is 0 Å². The van der Waals surface area contributed by atoms with E-state index in [1.807, 2.05) is 19.1 Å². The summed E-state index contributed by atoms with van der Waals surface area (Å²) in [5, 5.41) is 11.5. The van der Waals surface area contributed by atoms with Crippen LogP contribution in [0.4, 0.5) is 0 Å². The number of amides is 1. The molecule has 21 heavy (non-hydrogen) atoms. The number of carbonyl (C=O) groups is 1. The van der Waals surface area contributed by atoms with Crippen molar-refractivity contribution in [2.24, 2.45) is 0 Å². The molecule has 0 aliphatic heterocycles. The Kier molecular flexibility index (Phi) is 8.28. The molecule has 0 heterocycles. The van der Waals surface area contributed by atoms with Crippen LogP contribution < -0.4 is 14.8 Å². The highest BCUT2D eigenvalue weighted by Gasteiger charge is 2.07. The van der Waals surface area contributed by atoms with Crippen LogP contribution >= 0.6 is 0 Å². The maximum atomic E-state index is 11.7. The SMILES string of the molecule is COc1cc(C)ccc1OCC(=O)NCCCCCCO. The minimum Gasteiger partial charge on any atom is -0.493 e. The van der Waals surface area contributed by atoms with Gasteiger partial charge in [0, 0.05) is 13.2 Å². The molecule has 5 heteroatoms. The smallest absolute Gasteiger partial charge is 0.257 e. The Labute approximate surface area is 126 Å². The average Bonchev–Trinajstić information content (AvgIpc) is 2.49. The van der Waals surface area contributed by atoms with E-state index in [1.165, 1.54) is 0 Å². The number of aliphatic hydroxyl groups excluding tert-OH is 1. The first-order chi connectivity index (χ1) is 10.2. The first-order valence-corrected chi connectivity index (χ1v) is 7.32. The summed E-state index contributed by atoms with van der Waals surface area (Å²) >= 11 is 0. The number of benzene rings is 1. The Morgan fingerprint density at radius 2 is 1.95 bits per heavy atom. The predicted molar refractivity (Wildman–Crippen MR) is 81.8 cm³/mol. The molecular weight excluding hydrogens is 270 g/mol.